The molecule has 84 valence electrons. The lowest BCUT2D eigenvalue weighted by atomic mass is 10.5. The molecule has 0 bridgehead atoms. The quantitative estimate of drug-likeness (QED) is 0.631. The van der Waals surface area contributed by atoms with E-state index in [-0.39, 0.29) is 39.2 Å². The summed E-state index contributed by atoms with van der Waals surface area (Å²) in [6.07, 6.45) is 0.161. The van der Waals surface area contributed by atoms with Crippen molar-refractivity contribution in [2.24, 2.45) is 0 Å². The molecule has 0 N–H and O–H groups in total. The fraction of sp³-hybridized carbons (Fsp3) is 1.00. The van der Waals surface area contributed by atoms with E-state index in [1.165, 1.54) is 0 Å². The third-order valence-electron chi connectivity index (χ3n) is 0.688. The summed E-state index contributed by atoms with van der Waals surface area (Å²) in [6.45, 7) is 7.67. The molecule has 0 atom stereocenters. The second-order valence-electron chi connectivity index (χ2n) is 2.78. The topological polar surface area (TPSA) is 18.5 Å². The number of hydrogen-bond donors (Lipinski definition) is 1. The van der Waals surface area contributed by atoms with Crippen LogP contribution in [0.3, 0.4) is 0 Å². The van der Waals surface area contributed by atoms with Gasteiger partial charge < -0.3 is 9.05 Å². The second-order valence-corrected chi connectivity index (χ2v) is 7.97. The Morgan fingerprint density at radius 2 is 1.23 bits per heavy atom. The molecule has 0 aliphatic carbocycles. The normalized spacial score (nSPS) is 11.0. The minimum absolute atomic E-state index is 0. The van der Waals surface area contributed by atoms with E-state index < -0.39 is 5.69 Å². The van der Waals surface area contributed by atoms with Crippen molar-refractivity contribution in [3.63, 3.8) is 0 Å². The van der Waals surface area contributed by atoms with E-state index in [9.17, 15) is 0 Å². The van der Waals surface area contributed by atoms with Crippen LogP contribution in [0.15, 0.2) is 0 Å². The smallest absolute Gasteiger partial charge is 0.244 e. The third kappa shape index (κ3) is 13.6. The Morgan fingerprint density at radius 3 is 1.38 bits per heavy atom. The van der Waals surface area contributed by atoms with Crippen molar-refractivity contribution in [2.45, 2.75) is 39.9 Å². The Morgan fingerprint density at radius 1 is 1.00 bits per heavy atom. The summed E-state index contributed by atoms with van der Waals surface area (Å²) in [7, 11) is 0. The zero-order valence-electron chi connectivity index (χ0n) is 8.27. The fourth-order valence-electron chi connectivity index (χ4n) is 0.558. The van der Waals surface area contributed by atoms with Crippen LogP contribution in [0.2, 0.25) is 0 Å². The van der Waals surface area contributed by atoms with Gasteiger partial charge in [-0.1, -0.05) is 12.2 Å². The lowest BCUT2D eigenvalue weighted by Gasteiger charge is -2.20. The Labute approximate surface area is 105 Å². The van der Waals surface area contributed by atoms with E-state index in [4.69, 9.17) is 20.9 Å². The highest BCUT2D eigenvalue weighted by atomic mass is 32.9. The third-order valence-corrected chi connectivity index (χ3v) is 3.15. The molecule has 0 aromatic carbocycles. The van der Waals surface area contributed by atoms with Gasteiger partial charge in [0.1, 0.15) is 0 Å². The molecule has 0 saturated heterocycles. The second kappa shape index (κ2) is 8.89. The zero-order valence-corrected chi connectivity index (χ0v) is 12.9. The van der Waals surface area contributed by atoms with E-state index in [0.717, 1.165) is 0 Å². The van der Waals surface area contributed by atoms with Crippen molar-refractivity contribution < 1.29 is 9.05 Å². The first-order chi connectivity index (χ1) is 4.83. The van der Waals surface area contributed by atoms with Crippen molar-refractivity contribution in [2.75, 3.05) is 0 Å². The monoisotopic (exact) mass is 282 g/mol. The molecule has 0 aromatic rings. The summed E-state index contributed by atoms with van der Waals surface area (Å²) >= 11 is 9.17. The van der Waals surface area contributed by atoms with Crippen LogP contribution < -0.4 is 0 Å². The van der Waals surface area contributed by atoms with Gasteiger partial charge in [-0.15, -0.1) is 0 Å². The van der Waals surface area contributed by atoms with Gasteiger partial charge in [0.2, 0.25) is 5.69 Å². The molecule has 2 nitrogen and oxygen atoms in total. The Kier molecular flexibility index (Phi) is 13.7. The molecule has 0 aliphatic rings. The molecule has 0 heterocycles. The van der Waals surface area contributed by atoms with Gasteiger partial charge in [-0.3, -0.25) is 0 Å². The van der Waals surface area contributed by atoms with Gasteiger partial charge in [-0.05, 0) is 39.5 Å². The summed E-state index contributed by atoms with van der Waals surface area (Å²) in [5.41, 5.74) is -2.28. The zero-order chi connectivity index (χ0) is 9.07. The molecule has 0 aromatic heterocycles. The molecule has 0 aliphatic heterocycles. The van der Waals surface area contributed by atoms with E-state index in [1.54, 1.807) is 0 Å². The highest BCUT2D eigenvalue weighted by Crippen LogP contribution is 2.55. The van der Waals surface area contributed by atoms with Crippen molar-refractivity contribution in [1.82, 2.24) is 0 Å². The Balaban J connectivity index is -0.000000500. The molecule has 0 radical (unpaired) electrons. The summed E-state index contributed by atoms with van der Waals surface area (Å²) in [5, 5.41) is 0. The number of hydrogen-bond acceptors (Lipinski definition) is 3. The highest BCUT2D eigenvalue weighted by molar-refractivity contribution is 8.60. The average molecular weight is 282 g/mol. The molecular formula is C6H19O2PS4. The van der Waals surface area contributed by atoms with Crippen LogP contribution in [-0.4, -0.2) is 12.2 Å². The van der Waals surface area contributed by atoms with Gasteiger partial charge >= 0.3 is 0 Å². The molecule has 0 unspecified atom stereocenters. The SMILES string of the molecule is CC(C)OP(=S)(S)OC(C)C.S.S. The molecule has 0 spiro atoms. The first-order valence-corrected chi connectivity index (χ1v) is 7.32. The molecule has 13 heavy (non-hydrogen) atoms. The van der Waals surface area contributed by atoms with Crippen molar-refractivity contribution in [3.8, 4) is 0 Å². The van der Waals surface area contributed by atoms with Gasteiger partial charge in [0.25, 0.3) is 0 Å². The summed E-state index contributed by atoms with van der Waals surface area (Å²) in [4.78, 5) is 0. The summed E-state index contributed by atoms with van der Waals surface area (Å²) in [6, 6.07) is 0. The minimum Gasteiger partial charge on any atom is -0.319 e. The lowest BCUT2D eigenvalue weighted by Crippen LogP contribution is -2.04. The van der Waals surface area contributed by atoms with E-state index >= 15 is 0 Å². The lowest BCUT2D eigenvalue weighted by molar-refractivity contribution is 0.186. The minimum atomic E-state index is -2.28. The number of rotatable bonds is 4. The van der Waals surface area contributed by atoms with Crippen LogP contribution in [0.4, 0.5) is 0 Å². The van der Waals surface area contributed by atoms with Gasteiger partial charge in [-0.25, -0.2) is 0 Å². The average Bonchev–Trinajstić information content (AvgIpc) is 1.53. The van der Waals surface area contributed by atoms with Crippen molar-refractivity contribution >= 4 is 56.7 Å². The van der Waals surface area contributed by atoms with Crippen LogP contribution in [0.5, 0.6) is 0 Å². The van der Waals surface area contributed by atoms with Crippen LogP contribution in [0.25, 0.3) is 0 Å². The Bertz CT molecular complexity index is 149. The maximum atomic E-state index is 5.32. The maximum absolute atomic E-state index is 5.32. The first-order valence-electron chi connectivity index (χ1n) is 3.53. The van der Waals surface area contributed by atoms with Gasteiger partial charge in [-0.2, -0.15) is 27.0 Å². The van der Waals surface area contributed by atoms with Crippen molar-refractivity contribution in [1.29, 1.82) is 0 Å². The fourth-order valence-corrected chi connectivity index (χ4v) is 3.84. The van der Waals surface area contributed by atoms with Crippen LogP contribution in [0.1, 0.15) is 27.7 Å². The Hall–Kier alpha value is 1.62. The van der Waals surface area contributed by atoms with Gasteiger partial charge in [0, 0.05) is 0 Å². The number of thiol groups is 1. The molecule has 0 rings (SSSR count). The molecule has 0 fully saturated rings. The summed E-state index contributed by atoms with van der Waals surface area (Å²) in [5.74, 6) is 0. The maximum Gasteiger partial charge on any atom is 0.244 e. The predicted molar refractivity (Wildman–Crippen MR) is 76.5 cm³/mol. The van der Waals surface area contributed by atoms with Crippen LogP contribution in [-0.2, 0) is 20.9 Å². The van der Waals surface area contributed by atoms with Crippen molar-refractivity contribution in [3.05, 3.63) is 0 Å². The summed E-state index contributed by atoms with van der Waals surface area (Å²) < 4.78 is 10.6. The predicted octanol–water partition coefficient (Wildman–Crippen LogP) is 3.22. The largest absolute Gasteiger partial charge is 0.319 e. The van der Waals surface area contributed by atoms with Crippen LogP contribution >= 0.6 is 44.9 Å². The molecule has 0 amide bonds. The van der Waals surface area contributed by atoms with Gasteiger partial charge in [0.05, 0.1) is 12.2 Å². The van der Waals surface area contributed by atoms with E-state index in [0.29, 0.717) is 0 Å². The van der Waals surface area contributed by atoms with E-state index in [2.05, 4.69) is 12.2 Å². The molecule has 7 heteroatoms. The standard InChI is InChI=1S/C6H15O2PS2.2H2S/c1-5(2)7-9(10,11)8-6(3)4;;/h5-6H,1-4H3,(H,10,11);2*1H2. The van der Waals surface area contributed by atoms with E-state index in [1.807, 2.05) is 27.7 Å². The van der Waals surface area contributed by atoms with Crippen LogP contribution in [0, 0.1) is 0 Å². The van der Waals surface area contributed by atoms with Gasteiger partial charge in [0.15, 0.2) is 0 Å². The highest BCUT2D eigenvalue weighted by Gasteiger charge is 2.16. The molecular weight excluding hydrogens is 263 g/mol. The first kappa shape index (κ1) is 20.1. The molecule has 0 saturated carbocycles.